The summed E-state index contributed by atoms with van der Waals surface area (Å²) in [5.41, 5.74) is 6.37. The zero-order valence-electron chi connectivity index (χ0n) is 17.9. The van der Waals surface area contributed by atoms with Gasteiger partial charge in [0.2, 0.25) is 11.8 Å². The van der Waals surface area contributed by atoms with Crippen LogP contribution in [-0.2, 0) is 16.1 Å². The van der Waals surface area contributed by atoms with Gasteiger partial charge in [-0.05, 0) is 57.6 Å². The molecule has 0 saturated carbocycles. The van der Waals surface area contributed by atoms with Crippen molar-refractivity contribution in [1.29, 1.82) is 0 Å². The number of rotatable bonds is 12. The molecule has 7 nitrogen and oxygen atoms in total. The first-order chi connectivity index (χ1) is 13.9. The predicted molar refractivity (Wildman–Crippen MR) is 114 cm³/mol. The molecule has 1 radical (unpaired) electrons. The fourth-order valence-electron chi connectivity index (χ4n) is 3.26. The minimum Gasteiger partial charge on any atom is -0.494 e. The van der Waals surface area contributed by atoms with Crippen molar-refractivity contribution in [2.75, 3.05) is 40.3 Å². The molecule has 0 bridgehead atoms. The third kappa shape index (κ3) is 8.03. The normalized spacial score (nSPS) is 17.3. The van der Waals surface area contributed by atoms with Gasteiger partial charge in [-0.2, -0.15) is 0 Å². The minimum atomic E-state index is -0.385. The molecular weight excluding hydrogens is 368 g/mol. The maximum atomic E-state index is 12.8. The van der Waals surface area contributed by atoms with Crippen molar-refractivity contribution in [3.8, 4) is 5.75 Å². The average molecular weight is 404 g/mol. The first-order valence-corrected chi connectivity index (χ1v) is 10.4. The molecule has 1 aromatic rings. The molecule has 1 aromatic carbocycles. The Balaban J connectivity index is 1.92. The van der Waals surface area contributed by atoms with Crippen molar-refractivity contribution in [3.05, 3.63) is 36.2 Å². The fourth-order valence-corrected chi connectivity index (χ4v) is 3.26. The second kappa shape index (κ2) is 11.8. The summed E-state index contributed by atoms with van der Waals surface area (Å²) in [7, 11) is 4.10. The maximum absolute atomic E-state index is 12.8. The van der Waals surface area contributed by atoms with Crippen LogP contribution in [0.15, 0.2) is 24.3 Å². The van der Waals surface area contributed by atoms with Gasteiger partial charge in [0, 0.05) is 31.6 Å². The van der Waals surface area contributed by atoms with Crippen molar-refractivity contribution in [3.63, 3.8) is 0 Å². The second-order valence-corrected chi connectivity index (χ2v) is 8.01. The van der Waals surface area contributed by atoms with Crippen LogP contribution in [0.2, 0.25) is 0 Å². The lowest BCUT2D eigenvalue weighted by Crippen LogP contribution is -2.41. The van der Waals surface area contributed by atoms with Crippen molar-refractivity contribution in [1.82, 2.24) is 15.1 Å². The van der Waals surface area contributed by atoms with Crippen LogP contribution in [0.5, 0.6) is 5.75 Å². The molecule has 0 aliphatic carbocycles. The number of nitrogens with one attached hydrogen (secondary N) is 1. The van der Waals surface area contributed by atoms with Crippen LogP contribution in [0, 0.1) is 12.3 Å². The summed E-state index contributed by atoms with van der Waals surface area (Å²) in [6.07, 6.45) is 3.86. The van der Waals surface area contributed by atoms with E-state index in [0.717, 1.165) is 43.8 Å². The Morgan fingerprint density at radius 2 is 2.03 bits per heavy atom. The molecule has 1 fully saturated rings. The number of ether oxygens (including phenoxy) is 1. The molecule has 161 valence electrons. The van der Waals surface area contributed by atoms with E-state index in [9.17, 15) is 9.59 Å². The first kappa shape index (κ1) is 23.2. The zero-order chi connectivity index (χ0) is 21.2. The van der Waals surface area contributed by atoms with Gasteiger partial charge in [0.1, 0.15) is 5.75 Å². The van der Waals surface area contributed by atoms with Crippen LogP contribution >= 0.6 is 0 Å². The van der Waals surface area contributed by atoms with E-state index in [1.807, 2.05) is 43.3 Å². The van der Waals surface area contributed by atoms with Gasteiger partial charge in [0.25, 0.3) is 0 Å². The van der Waals surface area contributed by atoms with E-state index in [1.165, 1.54) is 0 Å². The third-order valence-corrected chi connectivity index (χ3v) is 5.18. The third-order valence-electron chi connectivity index (χ3n) is 5.18. The van der Waals surface area contributed by atoms with Gasteiger partial charge in [0.05, 0.1) is 13.0 Å². The van der Waals surface area contributed by atoms with Crippen molar-refractivity contribution >= 4 is 11.8 Å². The number of benzene rings is 1. The van der Waals surface area contributed by atoms with E-state index in [1.54, 1.807) is 13.3 Å². The molecule has 0 unspecified atom stereocenters. The molecule has 3 N–H and O–H groups in total. The molecule has 2 atom stereocenters. The summed E-state index contributed by atoms with van der Waals surface area (Å²) in [5, 5.41) is 3.32. The molecule has 29 heavy (non-hydrogen) atoms. The van der Waals surface area contributed by atoms with E-state index >= 15 is 0 Å². The van der Waals surface area contributed by atoms with Crippen LogP contribution in [0.4, 0.5) is 0 Å². The highest BCUT2D eigenvalue weighted by Crippen LogP contribution is 2.19. The molecule has 0 aromatic heterocycles. The molecule has 1 heterocycles. The second-order valence-electron chi connectivity index (χ2n) is 8.01. The number of carbonyl (C=O) groups excluding carboxylic acids is 2. The molecule has 0 spiro atoms. The molecule has 2 amide bonds. The highest BCUT2D eigenvalue weighted by molar-refractivity contribution is 5.86. The Hall–Kier alpha value is -2.12. The topological polar surface area (TPSA) is 87.9 Å². The summed E-state index contributed by atoms with van der Waals surface area (Å²) >= 11 is 0. The van der Waals surface area contributed by atoms with E-state index in [4.69, 9.17) is 10.5 Å². The van der Waals surface area contributed by atoms with E-state index in [-0.39, 0.29) is 23.8 Å². The summed E-state index contributed by atoms with van der Waals surface area (Å²) in [6, 6.07) is 8.09. The number of primary amides is 1. The lowest BCUT2D eigenvalue weighted by molar-refractivity contribution is -0.130. The average Bonchev–Trinajstić information content (AvgIpc) is 3.22. The summed E-state index contributed by atoms with van der Waals surface area (Å²) < 4.78 is 5.78. The Bertz CT molecular complexity index is 642. The lowest BCUT2D eigenvalue weighted by atomic mass is 10.0. The van der Waals surface area contributed by atoms with Crippen LogP contribution in [0.1, 0.15) is 31.7 Å². The summed E-state index contributed by atoms with van der Waals surface area (Å²) in [6.45, 7) is 5.65. The minimum absolute atomic E-state index is 0.0455. The van der Waals surface area contributed by atoms with E-state index in [0.29, 0.717) is 19.6 Å². The van der Waals surface area contributed by atoms with Crippen molar-refractivity contribution in [2.24, 2.45) is 11.7 Å². The van der Waals surface area contributed by atoms with Gasteiger partial charge in [-0.15, -0.1) is 0 Å². The monoisotopic (exact) mass is 403 g/mol. The molecule has 2 rings (SSSR count). The number of hydrogen-bond donors (Lipinski definition) is 2. The van der Waals surface area contributed by atoms with Gasteiger partial charge >= 0.3 is 0 Å². The SMILES string of the molecule is C[C@@H](C[CH]C(=O)N(Cc1ccc(OCCCN(C)C)cc1)[C@H]1CCNC1)C(N)=O. The Morgan fingerprint density at radius 1 is 1.31 bits per heavy atom. The summed E-state index contributed by atoms with van der Waals surface area (Å²) in [4.78, 5) is 28.1. The van der Waals surface area contributed by atoms with Crippen LogP contribution in [0.3, 0.4) is 0 Å². The Kier molecular flexibility index (Phi) is 9.41. The lowest BCUT2D eigenvalue weighted by Gasteiger charge is -2.29. The molecule has 1 aliphatic heterocycles. The number of hydrogen-bond acceptors (Lipinski definition) is 5. The van der Waals surface area contributed by atoms with Crippen LogP contribution < -0.4 is 15.8 Å². The maximum Gasteiger partial charge on any atom is 0.227 e. The van der Waals surface area contributed by atoms with Gasteiger partial charge in [-0.25, -0.2) is 0 Å². The first-order valence-electron chi connectivity index (χ1n) is 10.4. The standard InChI is InChI=1S/C22H35N4O3/c1-17(22(23)28)5-10-21(27)26(19-11-12-24-15-19)16-18-6-8-20(9-7-18)29-14-4-13-25(2)3/h6-10,17,19,24H,4-5,11-16H2,1-3H3,(H2,23,28)/t17-,19-/m0/s1. The number of nitrogens with two attached hydrogens (primary N) is 1. The Morgan fingerprint density at radius 3 is 2.62 bits per heavy atom. The number of carbonyl (C=O) groups is 2. The number of nitrogens with zero attached hydrogens (tertiary/aromatic N) is 2. The van der Waals surface area contributed by atoms with E-state index in [2.05, 4.69) is 10.2 Å². The highest BCUT2D eigenvalue weighted by Gasteiger charge is 2.27. The molecular formula is C22H35N4O3. The number of amides is 2. The Labute approximate surface area is 174 Å². The smallest absolute Gasteiger partial charge is 0.227 e. The predicted octanol–water partition coefficient (Wildman–Crippen LogP) is 1.42. The highest BCUT2D eigenvalue weighted by atomic mass is 16.5. The fraction of sp³-hybridized carbons (Fsp3) is 0.591. The van der Waals surface area contributed by atoms with Gasteiger partial charge < -0.3 is 25.6 Å². The van der Waals surface area contributed by atoms with Crippen LogP contribution in [0.25, 0.3) is 0 Å². The van der Waals surface area contributed by atoms with Crippen molar-refractivity contribution in [2.45, 2.75) is 38.8 Å². The molecule has 7 heteroatoms. The van der Waals surface area contributed by atoms with Crippen molar-refractivity contribution < 1.29 is 14.3 Å². The van der Waals surface area contributed by atoms with Gasteiger partial charge in [0.15, 0.2) is 0 Å². The van der Waals surface area contributed by atoms with E-state index < -0.39 is 0 Å². The van der Waals surface area contributed by atoms with Gasteiger partial charge in [-0.1, -0.05) is 19.1 Å². The summed E-state index contributed by atoms with van der Waals surface area (Å²) in [5.74, 6) is 0.0707. The van der Waals surface area contributed by atoms with Crippen LogP contribution in [-0.4, -0.2) is 68.0 Å². The molecule has 1 saturated heterocycles. The molecule has 1 aliphatic rings. The van der Waals surface area contributed by atoms with Gasteiger partial charge in [-0.3, -0.25) is 9.59 Å². The quantitative estimate of drug-likeness (QED) is 0.516. The largest absolute Gasteiger partial charge is 0.494 e. The zero-order valence-corrected chi connectivity index (χ0v) is 17.9.